The zero-order valence-electron chi connectivity index (χ0n) is 14.3. The third-order valence-corrected chi connectivity index (χ3v) is 4.65. The van der Waals surface area contributed by atoms with E-state index in [4.69, 9.17) is 4.74 Å². The lowest BCUT2D eigenvalue weighted by molar-refractivity contribution is 0.181. The van der Waals surface area contributed by atoms with Crippen LogP contribution < -0.4 is 4.90 Å². The first kappa shape index (κ1) is 16.0. The van der Waals surface area contributed by atoms with Gasteiger partial charge < -0.3 is 9.64 Å². The van der Waals surface area contributed by atoms with Crippen LogP contribution in [0.2, 0.25) is 0 Å². The average molecular weight is 341 g/mol. The lowest BCUT2D eigenvalue weighted by atomic mass is 10.0. The van der Waals surface area contributed by atoms with E-state index in [9.17, 15) is 4.39 Å². The fourth-order valence-electron chi connectivity index (χ4n) is 3.61. The number of aromatic nitrogens is 4. The van der Waals surface area contributed by atoms with Crippen LogP contribution >= 0.6 is 0 Å². The number of benzene rings is 1. The topological polar surface area (TPSA) is 55.6 Å². The van der Waals surface area contributed by atoms with E-state index in [1.165, 1.54) is 12.4 Å². The fraction of sp³-hybridized carbons (Fsp3) is 0.389. The van der Waals surface area contributed by atoms with Crippen LogP contribution in [-0.2, 0) is 11.3 Å². The van der Waals surface area contributed by atoms with Crippen LogP contribution in [0.15, 0.2) is 36.7 Å². The Morgan fingerprint density at radius 3 is 2.96 bits per heavy atom. The molecule has 0 bridgehead atoms. The molecule has 25 heavy (non-hydrogen) atoms. The molecule has 1 aromatic carbocycles. The molecular weight excluding hydrogens is 321 g/mol. The summed E-state index contributed by atoms with van der Waals surface area (Å²) in [5, 5.41) is 4.31. The van der Waals surface area contributed by atoms with Gasteiger partial charge in [0.1, 0.15) is 18.0 Å². The van der Waals surface area contributed by atoms with E-state index >= 15 is 0 Å². The van der Waals surface area contributed by atoms with Crippen LogP contribution in [0, 0.1) is 11.7 Å². The molecule has 0 radical (unpaired) electrons. The van der Waals surface area contributed by atoms with Gasteiger partial charge in [-0.2, -0.15) is 14.6 Å². The number of hydrogen-bond acceptors (Lipinski definition) is 5. The summed E-state index contributed by atoms with van der Waals surface area (Å²) in [7, 11) is 1.63. The van der Waals surface area contributed by atoms with Crippen LogP contribution in [0.3, 0.4) is 0 Å². The summed E-state index contributed by atoms with van der Waals surface area (Å²) < 4.78 is 21.4. The summed E-state index contributed by atoms with van der Waals surface area (Å²) in [5.41, 5.74) is 1.50. The molecule has 2 aromatic heterocycles. The molecule has 0 N–H and O–H groups in total. The molecule has 4 rings (SSSR count). The first-order valence-corrected chi connectivity index (χ1v) is 8.37. The third kappa shape index (κ3) is 2.84. The summed E-state index contributed by atoms with van der Waals surface area (Å²) in [5.74, 6) is 1.67. The van der Waals surface area contributed by atoms with E-state index in [-0.39, 0.29) is 11.9 Å². The highest BCUT2D eigenvalue weighted by Gasteiger charge is 2.34. The molecule has 3 aromatic rings. The minimum atomic E-state index is -0.174. The van der Waals surface area contributed by atoms with Crippen LogP contribution in [-0.4, -0.2) is 33.2 Å². The molecule has 1 aliphatic rings. The van der Waals surface area contributed by atoms with Crippen LogP contribution in [0.5, 0.6) is 0 Å². The second-order valence-electron chi connectivity index (χ2n) is 6.54. The van der Waals surface area contributed by atoms with Crippen LogP contribution in [0.25, 0.3) is 5.78 Å². The van der Waals surface area contributed by atoms with Crippen molar-refractivity contribution in [2.75, 3.05) is 18.6 Å². The second kappa shape index (κ2) is 6.40. The quantitative estimate of drug-likeness (QED) is 0.730. The summed E-state index contributed by atoms with van der Waals surface area (Å²) in [6, 6.07) is 8.90. The van der Waals surface area contributed by atoms with E-state index in [0.29, 0.717) is 23.9 Å². The maximum atomic E-state index is 14.4. The Hall–Kier alpha value is -2.54. The molecule has 6 nitrogen and oxygen atoms in total. The highest BCUT2D eigenvalue weighted by molar-refractivity contribution is 5.50. The van der Waals surface area contributed by atoms with Crippen LogP contribution in [0.1, 0.15) is 30.6 Å². The Morgan fingerprint density at radius 1 is 1.32 bits per heavy atom. The van der Waals surface area contributed by atoms with Crippen molar-refractivity contribution in [3.05, 3.63) is 53.7 Å². The molecule has 3 heterocycles. The molecule has 0 spiro atoms. The predicted molar refractivity (Wildman–Crippen MR) is 91.8 cm³/mol. The van der Waals surface area contributed by atoms with Gasteiger partial charge in [-0.1, -0.05) is 25.1 Å². The Labute approximate surface area is 145 Å². The standard InChI is InChI=1S/C18H20FN5O/c1-12-7-16(14-5-3-4-6-15(14)19)23(9-12)17-8-13(10-25-2)22-18-20-11-21-24(17)18/h3-6,8,11-12,16H,7,9-10H2,1-2H3. The Balaban J connectivity index is 1.83. The fourth-order valence-corrected chi connectivity index (χ4v) is 3.61. The Kier molecular flexibility index (Phi) is 4.09. The summed E-state index contributed by atoms with van der Waals surface area (Å²) in [6.45, 7) is 3.40. The molecule has 2 atom stereocenters. The lowest BCUT2D eigenvalue weighted by Gasteiger charge is -2.27. The number of fused-ring (bicyclic) bond motifs is 1. The predicted octanol–water partition coefficient (Wildman–Crippen LogP) is 3.00. The number of halogens is 1. The van der Waals surface area contributed by atoms with Gasteiger partial charge in [-0.3, -0.25) is 0 Å². The van der Waals surface area contributed by atoms with E-state index in [2.05, 4.69) is 26.9 Å². The van der Waals surface area contributed by atoms with Gasteiger partial charge >= 0.3 is 0 Å². The van der Waals surface area contributed by atoms with E-state index in [0.717, 1.165) is 24.5 Å². The summed E-state index contributed by atoms with van der Waals surface area (Å²) in [4.78, 5) is 10.9. The summed E-state index contributed by atoms with van der Waals surface area (Å²) in [6.07, 6.45) is 2.37. The van der Waals surface area contributed by atoms with Crippen molar-refractivity contribution in [2.24, 2.45) is 5.92 Å². The zero-order chi connectivity index (χ0) is 17.4. The molecule has 7 heteroatoms. The largest absolute Gasteiger partial charge is 0.378 e. The molecule has 130 valence electrons. The van der Waals surface area contributed by atoms with Gasteiger partial charge in [0.25, 0.3) is 5.78 Å². The minimum absolute atomic E-state index is 0.0404. The van der Waals surface area contributed by atoms with Gasteiger partial charge in [0.2, 0.25) is 0 Å². The van der Waals surface area contributed by atoms with Gasteiger partial charge in [-0.25, -0.2) is 9.37 Å². The SMILES string of the molecule is COCc1cc(N2CC(C)CC2c2ccccc2F)n2ncnc2n1. The molecule has 2 unspecified atom stereocenters. The van der Waals surface area contributed by atoms with Crippen molar-refractivity contribution in [3.8, 4) is 0 Å². The number of rotatable bonds is 4. The molecule has 1 aliphatic heterocycles. The van der Waals surface area contributed by atoms with E-state index in [1.807, 2.05) is 18.2 Å². The van der Waals surface area contributed by atoms with Crippen molar-refractivity contribution in [1.29, 1.82) is 0 Å². The smallest absolute Gasteiger partial charge is 0.254 e. The first-order chi connectivity index (χ1) is 12.2. The Bertz CT molecular complexity index is 896. The highest BCUT2D eigenvalue weighted by atomic mass is 19.1. The normalized spacial score (nSPS) is 20.5. The molecule has 0 amide bonds. The lowest BCUT2D eigenvalue weighted by Crippen LogP contribution is -2.26. The molecule has 1 saturated heterocycles. The van der Waals surface area contributed by atoms with E-state index in [1.54, 1.807) is 17.7 Å². The summed E-state index contributed by atoms with van der Waals surface area (Å²) >= 11 is 0. The van der Waals surface area contributed by atoms with E-state index < -0.39 is 0 Å². The molecular formula is C18H20FN5O. The van der Waals surface area contributed by atoms with Crippen molar-refractivity contribution < 1.29 is 9.13 Å². The maximum absolute atomic E-state index is 14.4. The van der Waals surface area contributed by atoms with Crippen molar-refractivity contribution in [3.63, 3.8) is 0 Å². The number of nitrogens with zero attached hydrogens (tertiary/aromatic N) is 5. The number of hydrogen-bond donors (Lipinski definition) is 0. The van der Waals surface area contributed by atoms with Gasteiger partial charge in [0, 0.05) is 25.3 Å². The number of ether oxygens (including phenoxy) is 1. The highest BCUT2D eigenvalue weighted by Crippen LogP contribution is 2.39. The van der Waals surface area contributed by atoms with Gasteiger partial charge in [-0.15, -0.1) is 0 Å². The molecule has 0 saturated carbocycles. The second-order valence-corrected chi connectivity index (χ2v) is 6.54. The van der Waals surface area contributed by atoms with Crippen molar-refractivity contribution in [1.82, 2.24) is 19.6 Å². The van der Waals surface area contributed by atoms with Gasteiger partial charge in [0.15, 0.2) is 0 Å². The van der Waals surface area contributed by atoms with Crippen LogP contribution in [0.4, 0.5) is 10.2 Å². The number of anilines is 1. The van der Waals surface area contributed by atoms with Crippen molar-refractivity contribution in [2.45, 2.75) is 26.0 Å². The van der Waals surface area contributed by atoms with Gasteiger partial charge in [-0.05, 0) is 18.4 Å². The third-order valence-electron chi connectivity index (χ3n) is 4.65. The monoisotopic (exact) mass is 341 g/mol. The zero-order valence-corrected chi connectivity index (χ0v) is 14.3. The maximum Gasteiger partial charge on any atom is 0.254 e. The average Bonchev–Trinajstić information content (AvgIpc) is 3.21. The van der Waals surface area contributed by atoms with Gasteiger partial charge in [0.05, 0.1) is 18.3 Å². The van der Waals surface area contributed by atoms with Crippen molar-refractivity contribution >= 4 is 11.6 Å². The molecule has 0 aliphatic carbocycles. The first-order valence-electron chi connectivity index (χ1n) is 8.37. The Morgan fingerprint density at radius 2 is 2.16 bits per heavy atom. The molecule has 1 fully saturated rings. The minimum Gasteiger partial charge on any atom is -0.378 e. The number of methoxy groups -OCH3 is 1.